The van der Waals surface area contributed by atoms with Crippen molar-refractivity contribution in [3.63, 3.8) is 0 Å². The topological polar surface area (TPSA) is 761 Å². The van der Waals surface area contributed by atoms with Gasteiger partial charge in [0.05, 0.1) is 59.5 Å². The molecular weight excluding hydrogens is 1460 g/mol. The molecule has 9 heterocycles. The number of aliphatic hydroxyl groups is 27. The fourth-order valence-corrected chi connectivity index (χ4v) is 13.4. The van der Waals surface area contributed by atoms with Crippen molar-refractivity contribution in [2.75, 3.05) is 59.5 Å². The number of hydrogen-bond acceptors (Lipinski definition) is 46. The Bertz CT molecular complexity index is 2710. The summed E-state index contributed by atoms with van der Waals surface area (Å²) in [5.74, 6) is -1.73. The number of carbonyl (C=O) groups is 2. The third-order valence-corrected chi connectivity index (χ3v) is 19.5. The average molecular weight is 1560 g/mol. The molecule has 9 saturated heterocycles. The summed E-state index contributed by atoms with van der Waals surface area (Å²) in [6, 6.07) is -3.57. The van der Waals surface area contributed by atoms with Crippen molar-refractivity contribution in [1.82, 2.24) is 10.6 Å². The number of rotatable bonds is 27. The lowest BCUT2D eigenvalue weighted by molar-refractivity contribution is -0.409. The van der Waals surface area contributed by atoms with Gasteiger partial charge in [-0.05, 0) is 0 Å². The molecule has 0 radical (unpaired) electrons. The first kappa shape index (κ1) is 87.2. The normalized spacial score (nSPS) is 51.2. The maximum Gasteiger partial charge on any atom is 0.217 e. The van der Waals surface area contributed by atoms with E-state index in [1.807, 2.05) is 0 Å². The van der Waals surface area contributed by atoms with Crippen molar-refractivity contribution in [2.45, 2.75) is 290 Å². The molecule has 9 rings (SSSR count). The van der Waals surface area contributed by atoms with E-state index >= 15 is 0 Å². The molecule has 0 aromatic rings. The van der Waals surface area contributed by atoms with Crippen molar-refractivity contribution in [3.8, 4) is 0 Å². The lowest BCUT2D eigenvalue weighted by atomic mass is 9.94. The molecule has 45 atom stereocenters. The van der Waals surface area contributed by atoms with Crippen LogP contribution in [0.2, 0.25) is 0 Å². The van der Waals surface area contributed by atoms with E-state index in [1.54, 1.807) is 0 Å². The molecular formula is C58H98N2O46. The molecule has 616 valence electrons. The molecule has 106 heavy (non-hydrogen) atoms. The molecule has 0 aromatic carbocycles. The van der Waals surface area contributed by atoms with Crippen LogP contribution in [0.4, 0.5) is 0 Å². The Morgan fingerprint density at radius 1 is 0.245 bits per heavy atom. The zero-order valence-electron chi connectivity index (χ0n) is 56.2. The summed E-state index contributed by atoms with van der Waals surface area (Å²) >= 11 is 0. The van der Waals surface area contributed by atoms with Crippen LogP contribution in [-0.4, -0.2) is 485 Å². The van der Waals surface area contributed by atoms with Crippen LogP contribution < -0.4 is 10.6 Å². The predicted molar refractivity (Wildman–Crippen MR) is 320 cm³/mol. The number of amides is 2. The Kier molecular flexibility index (Phi) is 31.1. The highest BCUT2D eigenvalue weighted by atomic mass is 16.8. The Morgan fingerprint density at radius 2 is 0.509 bits per heavy atom. The maximum absolute atomic E-state index is 12.9. The Hall–Kier alpha value is -2.82. The van der Waals surface area contributed by atoms with Crippen LogP contribution in [0.3, 0.4) is 0 Å². The molecule has 9 aliphatic rings. The Balaban J connectivity index is 1.06. The number of hydrogen-bond donors (Lipinski definition) is 29. The van der Waals surface area contributed by atoms with E-state index < -0.39 is 348 Å². The highest BCUT2D eigenvalue weighted by Gasteiger charge is 2.60. The molecule has 29 N–H and O–H groups in total. The monoisotopic (exact) mass is 1560 g/mol. The van der Waals surface area contributed by atoms with Crippen LogP contribution in [0.15, 0.2) is 0 Å². The van der Waals surface area contributed by atoms with Crippen LogP contribution in [0, 0.1) is 0 Å². The molecule has 0 saturated carbocycles. The molecule has 0 unspecified atom stereocenters. The van der Waals surface area contributed by atoms with Gasteiger partial charge in [0, 0.05) is 13.8 Å². The fraction of sp³-hybridized carbons (Fsp3) is 0.966. The van der Waals surface area contributed by atoms with Gasteiger partial charge in [-0.25, -0.2) is 0 Å². The lowest BCUT2D eigenvalue weighted by Gasteiger charge is -2.51. The summed E-state index contributed by atoms with van der Waals surface area (Å²) in [7, 11) is 0. The quantitative estimate of drug-likeness (QED) is 0.0363. The van der Waals surface area contributed by atoms with Crippen molar-refractivity contribution in [1.29, 1.82) is 0 Å². The summed E-state index contributed by atoms with van der Waals surface area (Å²) in [5, 5.41) is 301. The van der Waals surface area contributed by atoms with E-state index in [9.17, 15) is 147 Å². The predicted octanol–water partition coefficient (Wildman–Crippen LogP) is -20.3. The number of ether oxygens (including phenoxy) is 17. The second-order valence-corrected chi connectivity index (χ2v) is 26.8. The maximum atomic E-state index is 12.9. The van der Waals surface area contributed by atoms with Crippen molar-refractivity contribution < 1.29 is 228 Å². The van der Waals surface area contributed by atoms with Crippen LogP contribution in [0.1, 0.15) is 13.8 Å². The smallest absolute Gasteiger partial charge is 0.217 e. The molecule has 9 fully saturated rings. The number of nitrogens with one attached hydrogen (secondary N) is 2. The number of aliphatic hydroxyl groups excluding tert-OH is 27. The van der Waals surface area contributed by atoms with Gasteiger partial charge in [-0.15, -0.1) is 0 Å². The molecule has 0 aromatic heterocycles. The Morgan fingerprint density at radius 3 is 0.934 bits per heavy atom. The first-order chi connectivity index (χ1) is 50.1. The molecule has 2 amide bonds. The molecule has 0 spiro atoms. The van der Waals surface area contributed by atoms with E-state index in [2.05, 4.69) is 10.6 Å². The highest BCUT2D eigenvalue weighted by Crippen LogP contribution is 2.39. The van der Waals surface area contributed by atoms with Gasteiger partial charge < -0.3 is 229 Å². The first-order valence-corrected chi connectivity index (χ1v) is 33.7. The molecule has 48 heteroatoms. The second-order valence-electron chi connectivity index (χ2n) is 26.8. The lowest BCUT2D eigenvalue weighted by Crippen LogP contribution is -2.70. The van der Waals surface area contributed by atoms with Gasteiger partial charge in [0.15, 0.2) is 56.6 Å². The fourth-order valence-electron chi connectivity index (χ4n) is 13.4. The van der Waals surface area contributed by atoms with Crippen LogP contribution in [0.5, 0.6) is 0 Å². The summed E-state index contributed by atoms with van der Waals surface area (Å²) in [6.45, 7) is -7.45. The first-order valence-electron chi connectivity index (χ1n) is 33.7. The van der Waals surface area contributed by atoms with E-state index in [0.29, 0.717) is 0 Å². The molecule has 9 aliphatic heterocycles. The third kappa shape index (κ3) is 18.8. The van der Waals surface area contributed by atoms with Crippen molar-refractivity contribution in [2.24, 2.45) is 0 Å². The van der Waals surface area contributed by atoms with Gasteiger partial charge >= 0.3 is 0 Å². The van der Waals surface area contributed by atoms with Gasteiger partial charge in [-0.1, -0.05) is 0 Å². The van der Waals surface area contributed by atoms with Gasteiger partial charge in [0.2, 0.25) is 11.8 Å². The standard InChI is InChI=1S/C58H98N2O46/c1-12(67)59-23-32(76)45(18(7-65)93-50(23)89)102-51-24(60-13(2)68)33(77)46(19(8-66)98-51)103-56-44(88)47(31(75)22(100-56)11-92-54-42(86)37(81)29(73)20(99-54)9-90-52-40(84)34(78)25(69)14(3-61)94-52)104-58-49(39(83)30(74)21(101-58)10-91-53-41(85)35(79)26(70)15(4-62)95-53)106-57-48(38(82)28(72)17(6-64)97-57)105-55-43(87)36(80)27(71)16(5-63)96-55/h14-58,61-66,69-89H,3-11H2,1-2H3,(H,59,67)(H,60,68)/t14-,15-,16-,17-,18-,19-,20-,21-,22-,23-,24-,25-,26-,27-,28-,29-,30-,31-,32-,33-,34+,35+,36+,37+,38+,39+,40+,41+,42+,43+,44+,45-,46-,47+,48+,49+,50-,51+,52-,53+,54+,55+,56+,57-,58-/m1/s1. The largest absolute Gasteiger partial charge is 0.394 e. The van der Waals surface area contributed by atoms with E-state index in [1.165, 1.54) is 0 Å². The summed E-state index contributed by atoms with van der Waals surface area (Å²) in [4.78, 5) is 25.1. The van der Waals surface area contributed by atoms with Crippen molar-refractivity contribution in [3.05, 3.63) is 0 Å². The van der Waals surface area contributed by atoms with Gasteiger partial charge in [0.25, 0.3) is 0 Å². The molecule has 0 bridgehead atoms. The summed E-state index contributed by atoms with van der Waals surface area (Å²) in [5.41, 5.74) is 0. The van der Waals surface area contributed by atoms with E-state index in [4.69, 9.17) is 80.5 Å². The highest BCUT2D eigenvalue weighted by molar-refractivity contribution is 5.73. The SMILES string of the molecule is CC(=O)N[C@@H]1[C@@H](O)[C@H](O[C@@H]2O[C@H](CO)[C@@H](O[C@@H]3O[C@H](CO[C@H]4O[C@H](CO[C@@H]5O[C@H](CO)[C@@H](O)[C@H](O)[C@@H]5O)[C@@H](O)[C@H](O)[C@@H]4O)[C@@H](O)[C@H](O[C@H]4O[C@H](CO[C@H]5O[C@H](CO)[C@@H](O)[C@H](O)[C@@H]5O)[C@@H](O)[C@H](O)[C@@H]4O[C@H]4O[C@H](CO)[C@@H](O)[C@H](O)[C@@H]4O[C@@H]4O[C@H](CO)[C@@H](O)[C@H](O)[C@@H]4O)[C@@H]3O)[C@H](O)[C@H]2NC(C)=O)[C@@H](CO)O[C@H]1O. The third-order valence-electron chi connectivity index (χ3n) is 19.5. The Labute approximate surface area is 598 Å². The van der Waals surface area contributed by atoms with Crippen molar-refractivity contribution >= 4 is 11.8 Å². The zero-order chi connectivity index (χ0) is 77.9. The molecule has 48 nitrogen and oxygen atoms in total. The van der Waals surface area contributed by atoms with Crippen LogP contribution >= 0.6 is 0 Å². The van der Waals surface area contributed by atoms with E-state index in [0.717, 1.165) is 13.8 Å². The van der Waals surface area contributed by atoms with Crippen LogP contribution in [0.25, 0.3) is 0 Å². The van der Waals surface area contributed by atoms with Gasteiger partial charge in [-0.3, -0.25) is 9.59 Å². The van der Waals surface area contributed by atoms with Crippen LogP contribution in [-0.2, 0) is 90.1 Å². The average Bonchev–Trinajstić information content (AvgIpc) is 0.747. The number of carbonyl (C=O) groups excluding carboxylic acids is 2. The second kappa shape index (κ2) is 37.9. The zero-order valence-corrected chi connectivity index (χ0v) is 56.2. The summed E-state index contributed by atoms with van der Waals surface area (Å²) < 4.78 is 98.7. The minimum atomic E-state index is -2.61. The van der Waals surface area contributed by atoms with Gasteiger partial charge in [0.1, 0.15) is 220 Å². The molecule has 0 aliphatic carbocycles. The van der Waals surface area contributed by atoms with Gasteiger partial charge in [-0.2, -0.15) is 0 Å². The van der Waals surface area contributed by atoms with E-state index in [-0.39, 0.29) is 0 Å². The minimum absolute atomic E-state index is 0.788. The summed E-state index contributed by atoms with van der Waals surface area (Å²) in [6.07, 6.45) is -90.5. The minimum Gasteiger partial charge on any atom is -0.394 e.